The van der Waals surface area contributed by atoms with Crippen LogP contribution >= 0.6 is 11.6 Å². The third-order valence-electron chi connectivity index (χ3n) is 4.06. The van der Waals surface area contributed by atoms with E-state index < -0.39 is 6.10 Å². The maximum Gasteiger partial charge on any atom is 0.0931 e. The molecule has 0 saturated carbocycles. The number of pyridine rings is 1. The summed E-state index contributed by atoms with van der Waals surface area (Å²) >= 11 is 5.93. The van der Waals surface area contributed by atoms with Crippen molar-refractivity contribution in [2.75, 3.05) is 37.6 Å². The highest BCUT2D eigenvalue weighted by Gasteiger charge is 2.20. The van der Waals surface area contributed by atoms with Gasteiger partial charge in [0.2, 0.25) is 0 Å². The number of benzene rings is 1. The predicted octanol–water partition coefficient (Wildman–Crippen LogP) is 2.59. The van der Waals surface area contributed by atoms with Gasteiger partial charge in [0.15, 0.2) is 0 Å². The van der Waals surface area contributed by atoms with E-state index in [2.05, 4.69) is 26.9 Å². The number of β-amino-alcohol motifs (C(OH)–C–C–N with tert-alkyl or cyclic N) is 1. The molecule has 5 heteroatoms. The minimum Gasteiger partial charge on any atom is -0.387 e. The molecule has 1 saturated heterocycles. The van der Waals surface area contributed by atoms with Crippen molar-refractivity contribution >= 4 is 17.3 Å². The summed E-state index contributed by atoms with van der Waals surface area (Å²) in [4.78, 5) is 8.71. The van der Waals surface area contributed by atoms with Gasteiger partial charge in [-0.05, 0) is 30.3 Å². The summed E-state index contributed by atoms with van der Waals surface area (Å²) in [6, 6.07) is 11.7. The lowest BCUT2D eigenvalue weighted by atomic mass is 10.1. The molecule has 1 fully saturated rings. The van der Waals surface area contributed by atoms with Crippen molar-refractivity contribution in [1.82, 2.24) is 9.88 Å². The summed E-state index contributed by atoms with van der Waals surface area (Å²) in [6.45, 7) is 4.46. The normalized spacial score (nSPS) is 17.5. The standard InChI is InChI=1S/C17H20ClN3O/c18-15-3-5-16(6-4-15)21-10-8-20(9-11-21)13-17(22)14-2-1-7-19-12-14/h1-7,12,17,22H,8-11,13H2. The maximum absolute atomic E-state index is 10.3. The first kappa shape index (κ1) is 15.3. The molecule has 0 bridgehead atoms. The van der Waals surface area contributed by atoms with Crippen molar-refractivity contribution in [2.24, 2.45) is 0 Å². The fourth-order valence-corrected chi connectivity index (χ4v) is 2.89. The number of piperazine rings is 1. The molecule has 1 atom stereocenters. The van der Waals surface area contributed by atoms with E-state index in [4.69, 9.17) is 11.6 Å². The second-order valence-electron chi connectivity index (χ2n) is 5.57. The van der Waals surface area contributed by atoms with Gasteiger partial charge in [-0.3, -0.25) is 9.88 Å². The maximum atomic E-state index is 10.3. The Morgan fingerprint density at radius 1 is 1.09 bits per heavy atom. The van der Waals surface area contributed by atoms with Crippen LogP contribution in [-0.2, 0) is 0 Å². The quantitative estimate of drug-likeness (QED) is 0.941. The molecule has 1 aliphatic rings. The van der Waals surface area contributed by atoms with Gasteiger partial charge in [0.05, 0.1) is 6.10 Å². The van der Waals surface area contributed by atoms with Crippen LogP contribution < -0.4 is 4.90 Å². The molecule has 1 unspecified atom stereocenters. The molecule has 0 aliphatic carbocycles. The number of aliphatic hydroxyl groups is 1. The van der Waals surface area contributed by atoms with Crippen molar-refractivity contribution in [3.63, 3.8) is 0 Å². The molecule has 0 amide bonds. The number of nitrogens with zero attached hydrogens (tertiary/aromatic N) is 3. The minimum atomic E-state index is -0.476. The van der Waals surface area contributed by atoms with Crippen LogP contribution in [0.1, 0.15) is 11.7 Å². The van der Waals surface area contributed by atoms with Gasteiger partial charge >= 0.3 is 0 Å². The van der Waals surface area contributed by atoms with Crippen LogP contribution in [0, 0.1) is 0 Å². The molecule has 1 N–H and O–H groups in total. The first-order valence-electron chi connectivity index (χ1n) is 7.53. The number of hydrogen-bond donors (Lipinski definition) is 1. The number of halogens is 1. The Morgan fingerprint density at radius 3 is 2.45 bits per heavy atom. The van der Waals surface area contributed by atoms with E-state index in [1.54, 1.807) is 12.4 Å². The van der Waals surface area contributed by atoms with E-state index >= 15 is 0 Å². The first-order chi connectivity index (χ1) is 10.7. The van der Waals surface area contributed by atoms with Gasteiger partial charge in [-0.25, -0.2) is 0 Å². The largest absolute Gasteiger partial charge is 0.387 e. The molecular formula is C17H20ClN3O. The number of aromatic nitrogens is 1. The molecule has 0 radical (unpaired) electrons. The smallest absolute Gasteiger partial charge is 0.0931 e. The fourth-order valence-electron chi connectivity index (χ4n) is 2.76. The second-order valence-corrected chi connectivity index (χ2v) is 6.00. The average Bonchev–Trinajstić information content (AvgIpc) is 2.57. The summed E-state index contributed by atoms with van der Waals surface area (Å²) in [7, 11) is 0. The number of anilines is 1. The number of aliphatic hydroxyl groups excluding tert-OH is 1. The van der Waals surface area contributed by atoms with Gasteiger partial charge in [-0.2, -0.15) is 0 Å². The van der Waals surface area contributed by atoms with Crippen molar-refractivity contribution in [1.29, 1.82) is 0 Å². The zero-order valence-electron chi connectivity index (χ0n) is 12.4. The number of rotatable bonds is 4. The van der Waals surface area contributed by atoms with Crippen LogP contribution in [0.15, 0.2) is 48.8 Å². The van der Waals surface area contributed by atoms with Gasteiger partial charge in [0, 0.05) is 61.4 Å². The van der Waals surface area contributed by atoms with E-state index in [1.807, 2.05) is 24.3 Å². The van der Waals surface area contributed by atoms with Gasteiger partial charge in [0.1, 0.15) is 0 Å². The van der Waals surface area contributed by atoms with E-state index in [0.717, 1.165) is 36.8 Å². The lowest BCUT2D eigenvalue weighted by Gasteiger charge is -2.37. The Balaban J connectivity index is 1.52. The predicted molar refractivity (Wildman–Crippen MR) is 89.3 cm³/mol. The summed E-state index contributed by atoms with van der Waals surface area (Å²) in [6.07, 6.45) is 2.98. The van der Waals surface area contributed by atoms with E-state index in [0.29, 0.717) is 6.54 Å². The molecule has 1 aromatic carbocycles. The summed E-state index contributed by atoms with van der Waals surface area (Å²) < 4.78 is 0. The van der Waals surface area contributed by atoms with Gasteiger partial charge in [0.25, 0.3) is 0 Å². The third-order valence-corrected chi connectivity index (χ3v) is 4.32. The van der Waals surface area contributed by atoms with Crippen LogP contribution in [0.25, 0.3) is 0 Å². The Labute approximate surface area is 136 Å². The zero-order valence-corrected chi connectivity index (χ0v) is 13.2. The van der Waals surface area contributed by atoms with E-state index in [1.165, 1.54) is 5.69 Å². The Kier molecular flexibility index (Phi) is 4.93. The second kappa shape index (κ2) is 7.09. The molecule has 2 aromatic rings. The molecule has 22 heavy (non-hydrogen) atoms. The molecule has 116 valence electrons. The highest BCUT2D eigenvalue weighted by Crippen LogP contribution is 2.20. The highest BCUT2D eigenvalue weighted by atomic mass is 35.5. The van der Waals surface area contributed by atoms with Crippen molar-refractivity contribution < 1.29 is 5.11 Å². The molecule has 1 aromatic heterocycles. The molecule has 0 spiro atoms. The minimum absolute atomic E-state index is 0.476. The van der Waals surface area contributed by atoms with Crippen LogP contribution in [0.5, 0.6) is 0 Å². The lowest BCUT2D eigenvalue weighted by molar-refractivity contribution is 0.109. The third kappa shape index (κ3) is 3.77. The Morgan fingerprint density at radius 2 is 1.82 bits per heavy atom. The van der Waals surface area contributed by atoms with Gasteiger partial charge < -0.3 is 10.0 Å². The lowest BCUT2D eigenvalue weighted by Crippen LogP contribution is -2.47. The summed E-state index contributed by atoms with van der Waals surface area (Å²) in [5, 5.41) is 11.0. The zero-order chi connectivity index (χ0) is 15.4. The molecular weight excluding hydrogens is 298 g/mol. The van der Waals surface area contributed by atoms with Crippen LogP contribution in [0.4, 0.5) is 5.69 Å². The molecule has 2 heterocycles. The first-order valence-corrected chi connectivity index (χ1v) is 7.91. The highest BCUT2D eigenvalue weighted by molar-refractivity contribution is 6.30. The molecule has 1 aliphatic heterocycles. The monoisotopic (exact) mass is 317 g/mol. The van der Waals surface area contributed by atoms with E-state index in [9.17, 15) is 5.11 Å². The summed E-state index contributed by atoms with van der Waals surface area (Å²) in [5.41, 5.74) is 2.08. The summed E-state index contributed by atoms with van der Waals surface area (Å²) in [5.74, 6) is 0. The van der Waals surface area contributed by atoms with Gasteiger partial charge in [-0.1, -0.05) is 17.7 Å². The van der Waals surface area contributed by atoms with Crippen LogP contribution in [-0.4, -0.2) is 47.7 Å². The van der Waals surface area contributed by atoms with Crippen LogP contribution in [0.2, 0.25) is 5.02 Å². The van der Waals surface area contributed by atoms with Crippen molar-refractivity contribution in [2.45, 2.75) is 6.10 Å². The average molecular weight is 318 g/mol. The molecule has 3 rings (SSSR count). The Hall–Kier alpha value is -1.62. The van der Waals surface area contributed by atoms with Gasteiger partial charge in [-0.15, -0.1) is 0 Å². The van der Waals surface area contributed by atoms with Crippen LogP contribution in [0.3, 0.4) is 0 Å². The topological polar surface area (TPSA) is 39.6 Å². The fraction of sp³-hybridized carbons (Fsp3) is 0.353. The SMILES string of the molecule is OC(CN1CCN(c2ccc(Cl)cc2)CC1)c1cccnc1. The number of hydrogen-bond acceptors (Lipinski definition) is 4. The Bertz CT molecular complexity index is 583. The van der Waals surface area contributed by atoms with Crippen molar-refractivity contribution in [3.8, 4) is 0 Å². The van der Waals surface area contributed by atoms with E-state index in [-0.39, 0.29) is 0 Å². The molecule has 4 nitrogen and oxygen atoms in total. The van der Waals surface area contributed by atoms with Crippen molar-refractivity contribution in [3.05, 3.63) is 59.4 Å².